The number of rotatable bonds is 5. The second kappa shape index (κ2) is 6.00. The second-order valence-electron chi connectivity index (χ2n) is 4.08. The zero-order valence-electron chi connectivity index (χ0n) is 10.3. The summed E-state index contributed by atoms with van der Waals surface area (Å²) in [5.41, 5.74) is 0. The third-order valence-electron chi connectivity index (χ3n) is 2.60. The van der Waals surface area contributed by atoms with Crippen molar-refractivity contribution in [2.45, 2.75) is 24.7 Å². The van der Waals surface area contributed by atoms with Gasteiger partial charge in [-0.3, -0.25) is 9.00 Å². The van der Waals surface area contributed by atoms with E-state index in [-0.39, 0.29) is 11.5 Å². The smallest absolute Gasteiger partial charge is 0.162 e. The Morgan fingerprint density at radius 2 is 2.00 bits per heavy atom. The lowest BCUT2D eigenvalue weighted by molar-refractivity contribution is -0.116. The topological polar surface area (TPSA) is 52.6 Å². The van der Waals surface area contributed by atoms with Crippen LogP contribution in [0.5, 0.6) is 11.5 Å². The van der Waals surface area contributed by atoms with E-state index in [1.165, 1.54) is 0 Å². The predicted molar refractivity (Wildman–Crippen MR) is 68.6 cm³/mol. The molecule has 1 aromatic rings. The van der Waals surface area contributed by atoms with Crippen molar-refractivity contribution in [1.82, 2.24) is 0 Å². The average Bonchev–Trinajstić information content (AvgIpc) is 2.38. The molecule has 0 aliphatic carbocycles. The van der Waals surface area contributed by atoms with Crippen molar-refractivity contribution in [2.75, 3.05) is 19.0 Å². The van der Waals surface area contributed by atoms with Gasteiger partial charge in [-0.2, -0.15) is 0 Å². The molecule has 1 heterocycles. The summed E-state index contributed by atoms with van der Waals surface area (Å²) in [5, 5.41) is 0. The molecule has 0 saturated heterocycles. The molecule has 1 aliphatic heterocycles. The number of hydrogen-bond acceptors (Lipinski definition) is 4. The number of benzene rings is 1. The van der Waals surface area contributed by atoms with Crippen molar-refractivity contribution in [1.29, 1.82) is 0 Å². The third kappa shape index (κ3) is 3.10. The van der Waals surface area contributed by atoms with Crippen molar-refractivity contribution in [3.8, 4) is 11.5 Å². The van der Waals surface area contributed by atoms with E-state index in [0.717, 1.165) is 6.42 Å². The Bertz CT molecular complexity index is 470. The van der Waals surface area contributed by atoms with Crippen LogP contribution in [0.1, 0.15) is 19.8 Å². The highest BCUT2D eigenvalue weighted by atomic mass is 32.2. The molecule has 0 radical (unpaired) electrons. The third-order valence-corrected chi connectivity index (χ3v) is 3.96. The first kappa shape index (κ1) is 13.1. The monoisotopic (exact) mass is 268 g/mol. The maximum absolute atomic E-state index is 12.0. The van der Waals surface area contributed by atoms with E-state index in [9.17, 15) is 9.00 Å². The molecule has 4 nitrogen and oxygen atoms in total. The minimum absolute atomic E-state index is 0.0331. The molecular formula is C13H16O4S. The highest BCUT2D eigenvalue weighted by molar-refractivity contribution is 7.85. The maximum Gasteiger partial charge on any atom is 0.162 e. The Kier molecular flexibility index (Phi) is 4.36. The first-order valence-corrected chi connectivity index (χ1v) is 7.32. The first-order valence-electron chi connectivity index (χ1n) is 6.00. The first-order chi connectivity index (χ1) is 8.70. The van der Waals surface area contributed by atoms with Gasteiger partial charge in [0.25, 0.3) is 0 Å². The Hall–Kier alpha value is -1.36. The van der Waals surface area contributed by atoms with Crippen LogP contribution in [-0.2, 0) is 15.6 Å². The molecule has 1 atom stereocenters. The lowest BCUT2D eigenvalue weighted by Crippen LogP contribution is -2.16. The summed E-state index contributed by atoms with van der Waals surface area (Å²) >= 11 is 0. The van der Waals surface area contributed by atoms with E-state index >= 15 is 0 Å². The molecule has 0 saturated carbocycles. The SMILES string of the molecule is CCCC(=O)CS(=O)c1ccc2c(c1)OCCO2. The van der Waals surface area contributed by atoms with Crippen LogP contribution in [0.4, 0.5) is 0 Å². The molecule has 0 N–H and O–H groups in total. The summed E-state index contributed by atoms with van der Waals surface area (Å²) in [6.45, 7) is 2.97. The van der Waals surface area contributed by atoms with Crippen LogP contribution < -0.4 is 9.47 Å². The Labute approximate surface area is 109 Å². The van der Waals surface area contributed by atoms with E-state index in [1.807, 2.05) is 6.92 Å². The maximum atomic E-state index is 12.0. The van der Waals surface area contributed by atoms with Crippen molar-refractivity contribution in [3.63, 3.8) is 0 Å². The molecule has 0 fully saturated rings. The minimum atomic E-state index is -1.30. The molecule has 18 heavy (non-hydrogen) atoms. The van der Waals surface area contributed by atoms with Gasteiger partial charge >= 0.3 is 0 Å². The Balaban J connectivity index is 2.09. The van der Waals surface area contributed by atoms with Crippen molar-refractivity contribution in [3.05, 3.63) is 18.2 Å². The number of carbonyl (C=O) groups excluding carboxylic acids is 1. The average molecular weight is 268 g/mol. The Morgan fingerprint density at radius 1 is 1.28 bits per heavy atom. The highest BCUT2D eigenvalue weighted by Crippen LogP contribution is 2.31. The number of Topliss-reactive ketones (excluding diaryl/α,β-unsaturated/α-hetero) is 1. The summed E-state index contributed by atoms with van der Waals surface area (Å²) in [4.78, 5) is 12.1. The normalized spacial score (nSPS) is 15.2. The molecule has 1 unspecified atom stereocenters. The summed E-state index contributed by atoms with van der Waals surface area (Å²) in [6.07, 6.45) is 1.27. The molecule has 1 aliphatic rings. The number of carbonyl (C=O) groups is 1. The summed E-state index contributed by atoms with van der Waals surface area (Å²) in [5.74, 6) is 1.38. The molecule has 98 valence electrons. The molecule has 0 amide bonds. The van der Waals surface area contributed by atoms with E-state index in [2.05, 4.69) is 0 Å². The van der Waals surface area contributed by atoms with Gasteiger partial charge in [0.05, 0.1) is 16.6 Å². The van der Waals surface area contributed by atoms with Crippen molar-refractivity contribution in [2.24, 2.45) is 0 Å². The van der Waals surface area contributed by atoms with Gasteiger partial charge in [-0.1, -0.05) is 6.92 Å². The van der Waals surface area contributed by atoms with Crippen molar-refractivity contribution < 1.29 is 18.5 Å². The molecule has 1 aromatic carbocycles. The van der Waals surface area contributed by atoms with Gasteiger partial charge in [-0.25, -0.2) is 0 Å². The molecule has 5 heteroatoms. The Morgan fingerprint density at radius 3 is 2.72 bits per heavy atom. The standard InChI is InChI=1S/C13H16O4S/c1-2-3-10(14)9-18(15)11-4-5-12-13(8-11)17-7-6-16-12/h4-5,8H,2-3,6-7,9H2,1H3. The zero-order chi connectivity index (χ0) is 13.0. The van der Waals surface area contributed by atoms with Gasteiger partial charge in [0, 0.05) is 17.4 Å². The molecular weight excluding hydrogens is 252 g/mol. The van der Waals surface area contributed by atoms with Gasteiger partial charge in [0.2, 0.25) is 0 Å². The van der Waals surface area contributed by atoms with Gasteiger partial charge < -0.3 is 9.47 Å². The minimum Gasteiger partial charge on any atom is -0.486 e. The molecule has 0 aromatic heterocycles. The fourth-order valence-corrected chi connectivity index (χ4v) is 2.81. The van der Waals surface area contributed by atoms with Crippen LogP contribution in [0.25, 0.3) is 0 Å². The van der Waals surface area contributed by atoms with Crippen LogP contribution in [0.3, 0.4) is 0 Å². The second-order valence-corrected chi connectivity index (χ2v) is 5.54. The quantitative estimate of drug-likeness (QED) is 0.819. The fraction of sp³-hybridized carbons (Fsp3) is 0.462. The molecule has 2 rings (SSSR count). The fourth-order valence-electron chi connectivity index (χ4n) is 1.75. The van der Waals surface area contributed by atoms with E-state index in [4.69, 9.17) is 9.47 Å². The largest absolute Gasteiger partial charge is 0.486 e. The number of ketones is 1. The van der Waals surface area contributed by atoms with E-state index < -0.39 is 10.8 Å². The summed E-state index contributed by atoms with van der Waals surface area (Å²) in [6, 6.07) is 5.17. The van der Waals surface area contributed by atoms with Crippen LogP contribution in [-0.4, -0.2) is 29.0 Å². The highest BCUT2D eigenvalue weighted by Gasteiger charge is 2.15. The summed E-state index contributed by atoms with van der Waals surface area (Å²) in [7, 11) is -1.30. The van der Waals surface area contributed by atoms with Crippen molar-refractivity contribution >= 4 is 16.6 Å². The van der Waals surface area contributed by atoms with Crippen LogP contribution in [0.15, 0.2) is 23.1 Å². The van der Waals surface area contributed by atoms with Crippen LogP contribution >= 0.6 is 0 Å². The molecule has 0 bridgehead atoms. The number of fused-ring (bicyclic) bond motifs is 1. The predicted octanol–water partition coefficient (Wildman–Crippen LogP) is 1.93. The van der Waals surface area contributed by atoms with E-state index in [0.29, 0.717) is 36.0 Å². The lowest BCUT2D eigenvalue weighted by Gasteiger charge is -2.18. The summed E-state index contributed by atoms with van der Waals surface area (Å²) < 4.78 is 22.8. The van der Waals surface area contributed by atoms with Gasteiger partial charge in [0.15, 0.2) is 11.5 Å². The zero-order valence-corrected chi connectivity index (χ0v) is 11.1. The van der Waals surface area contributed by atoms with Crippen LogP contribution in [0, 0.1) is 0 Å². The van der Waals surface area contributed by atoms with E-state index in [1.54, 1.807) is 18.2 Å². The van der Waals surface area contributed by atoms with Crippen LogP contribution in [0.2, 0.25) is 0 Å². The van der Waals surface area contributed by atoms with Gasteiger partial charge in [0.1, 0.15) is 19.0 Å². The number of hydrogen-bond donors (Lipinski definition) is 0. The molecule has 0 spiro atoms. The van der Waals surface area contributed by atoms with Gasteiger partial charge in [-0.05, 0) is 18.6 Å². The van der Waals surface area contributed by atoms with Gasteiger partial charge in [-0.15, -0.1) is 0 Å². The lowest BCUT2D eigenvalue weighted by atomic mass is 10.3. The number of ether oxygens (including phenoxy) is 2.